The molecule has 3 aromatic rings. The third kappa shape index (κ3) is 3.80. The van der Waals surface area contributed by atoms with E-state index in [1.54, 1.807) is 11.3 Å². The first-order valence-electron chi connectivity index (χ1n) is 8.09. The molecule has 4 nitrogen and oxygen atoms in total. The topological polar surface area (TPSA) is 57.8 Å². The number of nitrogens with one attached hydrogen (secondary N) is 2. The Hall–Kier alpha value is -2.24. The summed E-state index contributed by atoms with van der Waals surface area (Å²) in [4.78, 5) is 21.3. The summed E-state index contributed by atoms with van der Waals surface area (Å²) in [5.74, 6) is 0. The molecule has 0 aliphatic heterocycles. The number of aryl methyl sites for hydroxylation is 2. The van der Waals surface area contributed by atoms with E-state index >= 15 is 0 Å². The number of thiophene rings is 1. The second kappa shape index (κ2) is 7.55. The molecule has 0 radical (unpaired) electrons. The smallest absolute Gasteiger partial charge is 0.251 e. The average Bonchev–Trinajstić information content (AvgIpc) is 3.04. The minimum Gasteiger partial charge on any atom is -0.326 e. The predicted molar refractivity (Wildman–Crippen MR) is 99.3 cm³/mol. The van der Waals surface area contributed by atoms with Crippen molar-refractivity contribution in [2.45, 2.75) is 33.4 Å². The SMILES string of the molecule is CCc1cc(-c2ccc(CNCc3ccncc3)s2)c(C)[nH]c1=O. The van der Waals surface area contributed by atoms with Crippen LogP contribution in [0.25, 0.3) is 10.4 Å². The van der Waals surface area contributed by atoms with E-state index < -0.39 is 0 Å². The average molecular weight is 339 g/mol. The summed E-state index contributed by atoms with van der Waals surface area (Å²) in [7, 11) is 0. The van der Waals surface area contributed by atoms with Gasteiger partial charge in [0.05, 0.1) is 0 Å². The highest BCUT2D eigenvalue weighted by atomic mass is 32.1. The Morgan fingerprint density at radius 3 is 2.71 bits per heavy atom. The molecule has 3 aromatic heterocycles. The summed E-state index contributed by atoms with van der Waals surface area (Å²) in [6, 6.07) is 10.3. The van der Waals surface area contributed by atoms with Crippen molar-refractivity contribution in [3.8, 4) is 10.4 Å². The summed E-state index contributed by atoms with van der Waals surface area (Å²) < 4.78 is 0. The fraction of sp³-hybridized carbons (Fsp3) is 0.263. The van der Waals surface area contributed by atoms with E-state index in [0.29, 0.717) is 0 Å². The van der Waals surface area contributed by atoms with Gasteiger partial charge in [-0.1, -0.05) is 6.92 Å². The van der Waals surface area contributed by atoms with Crippen LogP contribution in [-0.4, -0.2) is 9.97 Å². The minimum atomic E-state index is 0.0227. The molecule has 124 valence electrons. The zero-order valence-electron chi connectivity index (χ0n) is 13.9. The van der Waals surface area contributed by atoms with Gasteiger partial charge in [-0.3, -0.25) is 9.78 Å². The van der Waals surface area contributed by atoms with Gasteiger partial charge in [0.15, 0.2) is 0 Å². The lowest BCUT2D eigenvalue weighted by atomic mass is 10.1. The van der Waals surface area contributed by atoms with E-state index in [9.17, 15) is 4.79 Å². The molecule has 3 rings (SSSR count). The maximum Gasteiger partial charge on any atom is 0.251 e. The third-order valence-electron chi connectivity index (χ3n) is 4.00. The lowest BCUT2D eigenvalue weighted by Gasteiger charge is -2.06. The van der Waals surface area contributed by atoms with Crippen molar-refractivity contribution in [1.29, 1.82) is 0 Å². The zero-order valence-corrected chi connectivity index (χ0v) is 14.7. The largest absolute Gasteiger partial charge is 0.326 e. The van der Waals surface area contributed by atoms with Gasteiger partial charge in [0.25, 0.3) is 5.56 Å². The van der Waals surface area contributed by atoms with Gasteiger partial charge in [-0.15, -0.1) is 11.3 Å². The fourth-order valence-corrected chi connectivity index (χ4v) is 3.68. The van der Waals surface area contributed by atoms with Crippen molar-refractivity contribution in [2.24, 2.45) is 0 Å². The van der Waals surface area contributed by atoms with Crippen LogP contribution in [0.2, 0.25) is 0 Å². The summed E-state index contributed by atoms with van der Waals surface area (Å²) in [5, 5.41) is 3.45. The van der Waals surface area contributed by atoms with Gasteiger partial charge >= 0.3 is 0 Å². The Kier molecular flexibility index (Phi) is 5.23. The molecule has 3 heterocycles. The van der Waals surface area contributed by atoms with Crippen molar-refractivity contribution in [3.63, 3.8) is 0 Å². The number of aromatic nitrogens is 2. The molecule has 0 saturated carbocycles. The number of nitrogens with zero attached hydrogens (tertiary/aromatic N) is 1. The molecule has 0 aliphatic rings. The lowest BCUT2D eigenvalue weighted by molar-refractivity contribution is 0.700. The van der Waals surface area contributed by atoms with E-state index in [4.69, 9.17) is 0 Å². The third-order valence-corrected chi connectivity index (χ3v) is 5.12. The Morgan fingerprint density at radius 1 is 1.17 bits per heavy atom. The highest BCUT2D eigenvalue weighted by Gasteiger charge is 2.09. The molecule has 0 aliphatic carbocycles. The van der Waals surface area contributed by atoms with Crippen LogP contribution in [0.15, 0.2) is 47.5 Å². The second-order valence-electron chi connectivity index (χ2n) is 5.74. The molecule has 0 atom stereocenters. The summed E-state index contributed by atoms with van der Waals surface area (Å²) >= 11 is 1.76. The van der Waals surface area contributed by atoms with E-state index in [1.165, 1.54) is 15.3 Å². The summed E-state index contributed by atoms with van der Waals surface area (Å²) in [5.41, 5.74) is 4.13. The van der Waals surface area contributed by atoms with Crippen LogP contribution in [0.1, 0.15) is 28.6 Å². The van der Waals surface area contributed by atoms with Gasteiger partial charge in [-0.05, 0) is 49.2 Å². The quantitative estimate of drug-likeness (QED) is 0.720. The first-order chi connectivity index (χ1) is 11.7. The molecular weight excluding hydrogens is 318 g/mol. The van der Waals surface area contributed by atoms with Gasteiger partial charge in [-0.2, -0.15) is 0 Å². The fourth-order valence-electron chi connectivity index (χ4n) is 2.63. The second-order valence-corrected chi connectivity index (χ2v) is 6.91. The van der Waals surface area contributed by atoms with Gasteiger partial charge < -0.3 is 10.3 Å². The van der Waals surface area contributed by atoms with Crippen LogP contribution in [-0.2, 0) is 19.5 Å². The maximum atomic E-state index is 11.9. The number of hydrogen-bond acceptors (Lipinski definition) is 4. The molecule has 0 aromatic carbocycles. The molecule has 0 saturated heterocycles. The molecular formula is C19H21N3OS. The molecule has 0 amide bonds. The molecule has 0 fully saturated rings. The molecule has 2 N–H and O–H groups in total. The van der Waals surface area contributed by atoms with Crippen molar-refractivity contribution >= 4 is 11.3 Å². The summed E-state index contributed by atoms with van der Waals surface area (Å²) in [6.45, 7) is 5.62. The Bertz CT molecular complexity index is 868. The van der Waals surface area contributed by atoms with Crippen molar-refractivity contribution in [3.05, 3.63) is 74.8 Å². The van der Waals surface area contributed by atoms with Gasteiger partial charge in [-0.25, -0.2) is 0 Å². The van der Waals surface area contributed by atoms with Gasteiger partial charge in [0.1, 0.15) is 0 Å². The number of H-pyrrole nitrogens is 1. The van der Waals surface area contributed by atoms with E-state index in [1.807, 2.05) is 44.4 Å². The summed E-state index contributed by atoms with van der Waals surface area (Å²) in [6.07, 6.45) is 4.36. The normalized spacial score (nSPS) is 10.9. The molecule has 0 spiro atoms. The lowest BCUT2D eigenvalue weighted by Crippen LogP contribution is -2.13. The number of rotatable bonds is 6. The van der Waals surface area contributed by atoms with Gasteiger partial charge in [0.2, 0.25) is 0 Å². The van der Waals surface area contributed by atoms with Crippen LogP contribution in [0.3, 0.4) is 0 Å². The van der Waals surface area contributed by atoms with E-state index in [2.05, 4.69) is 27.4 Å². The van der Waals surface area contributed by atoms with Crippen molar-refractivity contribution in [2.75, 3.05) is 0 Å². The van der Waals surface area contributed by atoms with Crippen LogP contribution in [0.4, 0.5) is 0 Å². The van der Waals surface area contributed by atoms with Crippen LogP contribution in [0, 0.1) is 6.92 Å². The van der Waals surface area contributed by atoms with Crippen molar-refractivity contribution in [1.82, 2.24) is 15.3 Å². The molecule has 24 heavy (non-hydrogen) atoms. The highest BCUT2D eigenvalue weighted by Crippen LogP contribution is 2.30. The molecule has 0 bridgehead atoms. The predicted octanol–water partition coefficient (Wildman–Crippen LogP) is 3.66. The Labute approximate surface area is 145 Å². The number of pyridine rings is 2. The first kappa shape index (κ1) is 16.6. The maximum absolute atomic E-state index is 11.9. The minimum absolute atomic E-state index is 0.0227. The highest BCUT2D eigenvalue weighted by molar-refractivity contribution is 7.15. The molecule has 5 heteroatoms. The van der Waals surface area contributed by atoms with Crippen molar-refractivity contribution < 1.29 is 0 Å². The van der Waals surface area contributed by atoms with E-state index in [0.717, 1.165) is 36.3 Å². The van der Waals surface area contributed by atoms with E-state index in [-0.39, 0.29) is 5.56 Å². The Morgan fingerprint density at radius 2 is 1.96 bits per heavy atom. The monoisotopic (exact) mass is 339 g/mol. The first-order valence-corrected chi connectivity index (χ1v) is 8.90. The molecule has 0 unspecified atom stereocenters. The number of aromatic amines is 1. The zero-order chi connectivity index (χ0) is 16.9. The van der Waals surface area contributed by atoms with Crippen LogP contribution >= 0.6 is 11.3 Å². The van der Waals surface area contributed by atoms with Crippen LogP contribution < -0.4 is 10.9 Å². The van der Waals surface area contributed by atoms with Gasteiger partial charge in [0, 0.05) is 52.1 Å². The standard InChI is InChI=1S/C19H21N3OS/c1-3-15-10-17(13(2)22-19(15)23)18-5-4-16(24-18)12-21-11-14-6-8-20-9-7-14/h4-10,21H,3,11-12H2,1-2H3,(H,22,23). The Balaban J connectivity index is 1.70. The van der Waals surface area contributed by atoms with Crippen LogP contribution in [0.5, 0.6) is 0 Å². The number of hydrogen-bond donors (Lipinski definition) is 2.